The third-order valence-electron chi connectivity index (χ3n) is 2.58. The third kappa shape index (κ3) is 2.46. The number of nitrogens with one attached hydrogen (secondary N) is 1. The molecule has 2 aromatic rings. The average Bonchev–Trinajstić information content (AvgIpc) is 2.39. The van der Waals surface area contributed by atoms with Crippen molar-refractivity contribution >= 4 is 17.1 Å². The summed E-state index contributed by atoms with van der Waals surface area (Å²) in [6.07, 6.45) is 0. The molecule has 0 unspecified atom stereocenters. The van der Waals surface area contributed by atoms with Crippen molar-refractivity contribution in [1.82, 2.24) is 0 Å². The fraction of sp³-hybridized carbons (Fsp3) is 0. The van der Waals surface area contributed by atoms with Gasteiger partial charge in [-0.1, -0.05) is 6.07 Å². The predicted molar refractivity (Wildman–Crippen MR) is 70.0 cm³/mol. The molecule has 92 valence electrons. The Morgan fingerprint density at radius 1 is 1.11 bits per heavy atom. The quantitative estimate of drug-likeness (QED) is 0.804. The zero-order valence-corrected chi connectivity index (χ0v) is 9.81. The van der Waals surface area contributed by atoms with Crippen LogP contribution >= 0.6 is 0 Å². The number of nitrogens with two attached hydrogens (primary N) is 1. The molecule has 0 bridgehead atoms. The number of rotatable bonds is 2. The van der Waals surface area contributed by atoms with Crippen molar-refractivity contribution in [3.05, 3.63) is 53.3 Å². The van der Waals surface area contributed by atoms with Gasteiger partial charge >= 0.3 is 0 Å². The lowest BCUT2D eigenvalue weighted by Gasteiger charge is -2.09. The Labute approximate surface area is 109 Å². The predicted octanol–water partition coefficient (Wildman–Crippen LogP) is 2.89. The number of anilines is 3. The van der Waals surface area contributed by atoms with E-state index >= 15 is 0 Å². The second-order valence-electron chi connectivity index (χ2n) is 3.81. The summed E-state index contributed by atoms with van der Waals surface area (Å²) >= 11 is 0. The Morgan fingerprint density at radius 3 is 2.53 bits per heavy atom. The highest BCUT2D eigenvalue weighted by molar-refractivity contribution is 5.71. The summed E-state index contributed by atoms with van der Waals surface area (Å²) in [6, 6.07) is 12.8. The van der Waals surface area contributed by atoms with E-state index in [1.807, 2.05) is 6.07 Å². The van der Waals surface area contributed by atoms with Crippen LogP contribution < -0.4 is 11.1 Å². The largest absolute Gasteiger partial charge is 0.398 e. The van der Waals surface area contributed by atoms with Gasteiger partial charge in [0.1, 0.15) is 23.5 Å². The number of hydrogen-bond acceptors (Lipinski definition) is 4. The standard InChI is InChI=1S/C14H9FN4/c15-12-2-1-3-14(11(12)8-17)19-10-5-4-9(7-16)13(18)6-10/h1-6,19H,18H2. The van der Waals surface area contributed by atoms with Crippen molar-refractivity contribution in [2.45, 2.75) is 0 Å². The van der Waals surface area contributed by atoms with E-state index in [0.717, 1.165) is 0 Å². The molecule has 0 fully saturated rings. The van der Waals surface area contributed by atoms with Crippen LogP contribution in [0.1, 0.15) is 11.1 Å². The molecule has 0 aliphatic heterocycles. The molecular weight excluding hydrogens is 243 g/mol. The minimum Gasteiger partial charge on any atom is -0.398 e. The average molecular weight is 252 g/mol. The number of nitrogen functional groups attached to an aromatic ring is 1. The number of nitriles is 2. The van der Waals surface area contributed by atoms with Crippen LogP contribution in [0, 0.1) is 28.5 Å². The number of halogens is 1. The Bertz CT molecular complexity index is 710. The molecule has 0 saturated heterocycles. The van der Waals surface area contributed by atoms with Crippen LogP contribution in [0.15, 0.2) is 36.4 Å². The molecule has 0 heterocycles. The topological polar surface area (TPSA) is 85.6 Å². The zero-order valence-electron chi connectivity index (χ0n) is 9.81. The summed E-state index contributed by atoms with van der Waals surface area (Å²) in [7, 11) is 0. The van der Waals surface area contributed by atoms with Crippen molar-refractivity contribution < 1.29 is 4.39 Å². The number of benzene rings is 2. The van der Waals surface area contributed by atoms with Gasteiger partial charge in [0.2, 0.25) is 0 Å². The first-order valence-electron chi connectivity index (χ1n) is 5.41. The molecule has 0 amide bonds. The van der Waals surface area contributed by atoms with Crippen LogP contribution in [0.3, 0.4) is 0 Å². The van der Waals surface area contributed by atoms with Gasteiger partial charge in [-0.25, -0.2) is 4.39 Å². The van der Waals surface area contributed by atoms with E-state index in [1.54, 1.807) is 30.3 Å². The smallest absolute Gasteiger partial charge is 0.143 e. The van der Waals surface area contributed by atoms with Gasteiger partial charge in [0.05, 0.1) is 16.9 Å². The molecule has 0 radical (unpaired) electrons. The summed E-state index contributed by atoms with van der Waals surface area (Å²) in [5, 5.41) is 20.6. The van der Waals surface area contributed by atoms with Gasteiger partial charge in [-0.3, -0.25) is 0 Å². The van der Waals surface area contributed by atoms with Gasteiger partial charge in [-0.15, -0.1) is 0 Å². The molecule has 2 rings (SSSR count). The molecule has 0 saturated carbocycles. The first kappa shape index (κ1) is 12.4. The van der Waals surface area contributed by atoms with Crippen molar-refractivity contribution in [1.29, 1.82) is 10.5 Å². The lowest BCUT2D eigenvalue weighted by atomic mass is 10.1. The highest BCUT2D eigenvalue weighted by Gasteiger charge is 2.08. The Morgan fingerprint density at radius 2 is 1.89 bits per heavy atom. The van der Waals surface area contributed by atoms with E-state index in [1.165, 1.54) is 12.1 Å². The van der Waals surface area contributed by atoms with Crippen molar-refractivity contribution in [2.75, 3.05) is 11.1 Å². The third-order valence-corrected chi connectivity index (χ3v) is 2.58. The van der Waals surface area contributed by atoms with Crippen molar-refractivity contribution in [2.24, 2.45) is 0 Å². The van der Waals surface area contributed by atoms with E-state index in [-0.39, 0.29) is 5.56 Å². The fourth-order valence-electron chi connectivity index (χ4n) is 1.64. The molecule has 0 aliphatic carbocycles. The lowest BCUT2D eigenvalue weighted by Crippen LogP contribution is -1.98. The summed E-state index contributed by atoms with van der Waals surface area (Å²) in [6.45, 7) is 0. The molecule has 2 aromatic carbocycles. The summed E-state index contributed by atoms with van der Waals surface area (Å²) in [5.41, 5.74) is 7.24. The van der Waals surface area contributed by atoms with Gasteiger partial charge in [-0.2, -0.15) is 10.5 Å². The van der Waals surface area contributed by atoms with E-state index < -0.39 is 5.82 Å². The summed E-state index contributed by atoms with van der Waals surface area (Å²) < 4.78 is 13.4. The molecule has 3 N–H and O–H groups in total. The van der Waals surface area contributed by atoms with E-state index in [2.05, 4.69) is 5.32 Å². The maximum Gasteiger partial charge on any atom is 0.143 e. The van der Waals surface area contributed by atoms with Gasteiger partial charge in [0.15, 0.2) is 0 Å². The molecular formula is C14H9FN4. The molecule has 0 aliphatic rings. The van der Waals surface area contributed by atoms with Crippen molar-refractivity contribution in [3.8, 4) is 12.1 Å². The lowest BCUT2D eigenvalue weighted by molar-refractivity contribution is 0.624. The van der Waals surface area contributed by atoms with Crippen LogP contribution in [0.2, 0.25) is 0 Å². The van der Waals surface area contributed by atoms with Crippen LogP contribution in [0.25, 0.3) is 0 Å². The molecule has 0 aromatic heterocycles. The normalized spacial score (nSPS) is 9.42. The Kier molecular flexibility index (Phi) is 3.31. The monoisotopic (exact) mass is 252 g/mol. The molecule has 4 nitrogen and oxygen atoms in total. The molecule has 19 heavy (non-hydrogen) atoms. The fourth-order valence-corrected chi connectivity index (χ4v) is 1.64. The van der Waals surface area contributed by atoms with Gasteiger partial charge in [0.25, 0.3) is 0 Å². The first-order chi connectivity index (χ1) is 9.15. The second-order valence-corrected chi connectivity index (χ2v) is 3.81. The van der Waals surface area contributed by atoms with Gasteiger partial charge in [0, 0.05) is 5.69 Å². The minimum atomic E-state index is -0.589. The molecule has 0 atom stereocenters. The van der Waals surface area contributed by atoms with Gasteiger partial charge < -0.3 is 11.1 Å². The second kappa shape index (κ2) is 5.07. The summed E-state index contributed by atoms with van der Waals surface area (Å²) in [5.74, 6) is -0.589. The summed E-state index contributed by atoms with van der Waals surface area (Å²) in [4.78, 5) is 0. The Balaban J connectivity index is 2.38. The van der Waals surface area contributed by atoms with Gasteiger partial charge in [-0.05, 0) is 30.3 Å². The van der Waals surface area contributed by atoms with Crippen LogP contribution in [0.4, 0.5) is 21.5 Å². The highest BCUT2D eigenvalue weighted by atomic mass is 19.1. The zero-order chi connectivity index (χ0) is 13.8. The maximum absolute atomic E-state index is 13.4. The van der Waals surface area contributed by atoms with Crippen LogP contribution in [0.5, 0.6) is 0 Å². The number of hydrogen-bond donors (Lipinski definition) is 2. The SMILES string of the molecule is N#Cc1ccc(Nc2cccc(F)c2C#N)cc1N. The highest BCUT2D eigenvalue weighted by Crippen LogP contribution is 2.24. The van der Waals surface area contributed by atoms with Crippen LogP contribution in [-0.4, -0.2) is 0 Å². The first-order valence-corrected chi connectivity index (χ1v) is 5.41. The van der Waals surface area contributed by atoms with E-state index in [4.69, 9.17) is 16.3 Å². The molecule has 5 heteroatoms. The Hall–Kier alpha value is -3.05. The minimum absolute atomic E-state index is 0.0644. The van der Waals surface area contributed by atoms with E-state index in [9.17, 15) is 4.39 Å². The van der Waals surface area contributed by atoms with Crippen LogP contribution in [-0.2, 0) is 0 Å². The maximum atomic E-state index is 13.4. The van der Waals surface area contributed by atoms with E-state index in [0.29, 0.717) is 22.6 Å². The molecule has 0 spiro atoms. The number of nitrogens with zero attached hydrogens (tertiary/aromatic N) is 2. The van der Waals surface area contributed by atoms with Crippen molar-refractivity contribution in [3.63, 3.8) is 0 Å².